The molecule has 0 saturated heterocycles. The van der Waals surface area contributed by atoms with Gasteiger partial charge in [-0.15, -0.1) is 10.2 Å². The van der Waals surface area contributed by atoms with E-state index in [1.54, 1.807) is 12.1 Å². The van der Waals surface area contributed by atoms with Crippen molar-refractivity contribution in [1.82, 2.24) is 15.2 Å². The predicted molar refractivity (Wildman–Crippen MR) is 102 cm³/mol. The van der Waals surface area contributed by atoms with Gasteiger partial charge in [0, 0.05) is 0 Å². The number of thioether (sulfide) groups is 1. The number of anilines is 1. The molecule has 8 nitrogen and oxygen atoms in total. The first-order valence-corrected chi connectivity index (χ1v) is 9.85. The van der Waals surface area contributed by atoms with Gasteiger partial charge in [0.1, 0.15) is 5.75 Å². The van der Waals surface area contributed by atoms with Gasteiger partial charge in [0.25, 0.3) is 11.1 Å². The molecule has 0 atom stereocenters. The van der Waals surface area contributed by atoms with E-state index in [4.69, 9.17) is 13.6 Å². The number of ether oxygens (including phenoxy) is 1. The van der Waals surface area contributed by atoms with Gasteiger partial charge in [-0.2, -0.15) is 0 Å². The van der Waals surface area contributed by atoms with E-state index in [-0.39, 0.29) is 17.6 Å². The Kier molecular flexibility index (Phi) is 5.07. The lowest BCUT2D eigenvalue weighted by molar-refractivity contribution is -0.113. The van der Waals surface area contributed by atoms with E-state index < -0.39 is 0 Å². The van der Waals surface area contributed by atoms with Gasteiger partial charge in [0.2, 0.25) is 5.91 Å². The minimum atomic E-state index is -0.207. The smallest absolute Gasteiger partial charge is 0.284 e. The largest absolute Gasteiger partial charge is 0.494 e. The fraction of sp³-hybridized carbons (Fsp3) is 0.176. The van der Waals surface area contributed by atoms with E-state index in [0.29, 0.717) is 22.7 Å². The Hall–Kier alpha value is -2.85. The summed E-state index contributed by atoms with van der Waals surface area (Å²) >= 11 is 2.54. The number of hydrogen-bond donors (Lipinski definition) is 1. The van der Waals surface area contributed by atoms with E-state index in [0.717, 1.165) is 27.7 Å². The summed E-state index contributed by atoms with van der Waals surface area (Å²) in [6.45, 7) is 2.53. The zero-order valence-corrected chi connectivity index (χ0v) is 15.8. The van der Waals surface area contributed by atoms with Crippen molar-refractivity contribution in [2.45, 2.75) is 12.1 Å². The molecule has 0 saturated carbocycles. The number of benzene rings is 1. The number of hydrogen-bond acceptors (Lipinski definition) is 9. The Bertz CT molecular complexity index is 1060. The second kappa shape index (κ2) is 7.80. The Morgan fingerprint density at radius 1 is 1.33 bits per heavy atom. The normalized spacial score (nSPS) is 11.0. The van der Waals surface area contributed by atoms with Crippen LogP contribution in [0.1, 0.15) is 6.92 Å². The highest BCUT2D eigenvalue weighted by atomic mass is 32.2. The number of carbonyl (C=O) groups is 1. The zero-order chi connectivity index (χ0) is 18.6. The van der Waals surface area contributed by atoms with Crippen LogP contribution in [-0.4, -0.2) is 33.4 Å². The van der Waals surface area contributed by atoms with Crippen LogP contribution in [0.15, 0.2) is 50.7 Å². The molecule has 0 unspecified atom stereocenters. The molecular weight excluding hydrogens is 388 g/mol. The summed E-state index contributed by atoms with van der Waals surface area (Å²) in [5.74, 6) is 1.46. The monoisotopic (exact) mass is 402 g/mol. The Balaban J connectivity index is 1.36. The third-order valence-corrected chi connectivity index (χ3v) is 5.13. The first-order valence-electron chi connectivity index (χ1n) is 8.04. The number of nitrogens with zero attached hydrogens (tertiary/aromatic N) is 3. The van der Waals surface area contributed by atoms with Crippen LogP contribution in [0.4, 0.5) is 5.13 Å². The lowest BCUT2D eigenvalue weighted by Gasteiger charge is -2.00. The third kappa shape index (κ3) is 4.12. The van der Waals surface area contributed by atoms with Gasteiger partial charge in [0.05, 0.1) is 28.8 Å². The summed E-state index contributed by atoms with van der Waals surface area (Å²) in [6.07, 6.45) is 1.52. The van der Waals surface area contributed by atoms with Gasteiger partial charge in [-0.3, -0.25) is 4.79 Å². The van der Waals surface area contributed by atoms with Crippen LogP contribution in [0.5, 0.6) is 5.75 Å². The summed E-state index contributed by atoms with van der Waals surface area (Å²) in [7, 11) is 0. The molecule has 4 rings (SSSR count). The second-order valence-electron chi connectivity index (χ2n) is 5.27. The summed E-state index contributed by atoms with van der Waals surface area (Å²) in [6, 6.07) is 9.10. The zero-order valence-electron chi connectivity index (χ0n) is 14.2. The molecule has 4 aromatic rings. The van der Waals surface area contributed by atoms with Crippen molar-refractivity contribution in [3.05, 3.63) is 36.6 Å². The van der Waals surface area contributed by atoms with E-state index in [1.807, 2.05) is 25.1 Å². The van der Waals surface area contributed by atoms with Gasteiger partial charge in [0.15, 0.2) is 10.9 Å². The average molecular weight is 402 g/mol. The molecule has 0 spiro atoms. The number of furan rings is 1. The maximum absolute atomic E-state index is 12.2. The molecule has 0 radical (unpaired) electrons. The minimum absolute atomic E-state index is 0.125. The minimum Gasteiger partial charge on any atom is -0.494 e. The molecular formula is C17H14N4O4S2. The highest BCUT2D eigenvalue weighted by Crippen LogP contribution is 2.29. The summed E-state index contributed by atoms with van der Waals surface area (Å²) < 4.78 is 17.1. The van der Waals surface area contributed by atoms with Gasteiger partial charge in [-0.1, -0.05) is 23.1 Å². The van der Waals surface area contributed by atoms with Crippen LogP contribution in [0.3, 0.4) is 0 Å². The van der Waals surface area contributed by atoms with Crippen molar-refractivity contribution >= 4 is 44.4 Å². The fourth-order valence-electron chi connectivity index (χ4n) is 2.27. The number of aromatic nitrogens is 3. The molecule has 1 amide bonds. The van der Waals surface area contributed by atoms with Crippen LogP contribution in [-0.2, 0) is 4.79 Å². The van der Waals surface area contributed by atoms with Gasteiger partial charge in [-0.05, 0) is 37.3 Å². The Labute approximate surface area is 161 Å². The Morgan fingerprint density at radius 2 is 2.26 bits per heavy atom. The molecule has 0 bridgehead atoms. The molecule has 3 heterocycles. The van der Waals surface area contributed by atoms with E-state index in [1.165, 1.54) is 17.6 Å². The summed E-state index contributed by atoms with van der Waals surface area (Å²) in [5.41, 5.74) is 0.811. The van der Waals surface area contributed by atoms with Crippen molar-refractivity contribution in [2.24, 2.45) is 0 Å². The topological polar surface area (TPSA) is 103 Å². The number of rotatable bonds is 7. The summed E-state index contributed by atoms with van der Waals surface area (Å²) in [4.78, 5) is 16.6. The molecule has 10 heteroatoms. The van der Waals surface area contributed by atoms with Crippen LogP contribution < -0.4 is 10.1 Å². The van der Waals surface area contributed by atoms with Crippen molar-refractivity contribution in [2.75, 3.05) is 17.7 Å². The van der Waals surface area contributed by atoms with Crippen molar-refractivity contribution in [3.8, 4) is 17.4 Å². The van der Waals surface area contributed by atoms with Crippen LogP contribution in [0, 0.1) is 0 Å². The second-order valence-corrected chi connectivity index (χ2v) is 7.23. The average Bonchev–Trinajstić information content (AvgIpc) is 3.39. The number of carbonyl (C=O) groups excluding carboxylic acids is 1. The maximum atomic E-state index is 12.2. The lowest BCUT2D eigenvalue weighted by Crippen LogP contribution is -2.13. The standard InChI is InChI=1S/C17H14N4O4S2/c1-2-23-10-5-6-11-13(8-10)27-16(18-11)19-14(22)9-26-17-21-20-15(25-17)12-4-3-7-24-12/h3-8H,2,9H2,1H3,(H,18,19,22). The van der Waals surface area contributed by atoms with Crippen molar-refractivity contribution < 1.29 is 18.4 Å². The van der Waals surface area contributed by atoms with Crippen molar-refractivity contribution in [3.63, 3.8) is 0 Å². The highest BCUT2D eigenvalue weighted by Gasteiger charge is 2.14. The maximum Gasteiger partial charge on any atom is 0.284 e. The molecule has 138 valence electrons. The Morgan fingerprint density at radius 3 is 3.07 bits per heavy atom. The molecule has 0 fully saturated rings. The number of nitrogens with one attached hydrogen (secondary N) is 1. The third-order valence-electron chi connectivity index (χ3n) is 3.38. The first-order chi connectivity index (χ1) is 13.2. The number of thiazole rings is 1. The first kappa shape index (κ1) is 17.6. The van der Waals surface area contributed by atoms with Crippen LogP contribution in [0.25, 0.3) is 21.9 Å². The molecule has 1 N–H and O–H groups in total. The van der Waals surface area contributed by atoms with E-state index >= 15 is 0 Å². The van der Waals surface area contributed by atoms with Gasteiger partial charge in [-0.25, -0.2) is 4.98 Å². The van der Waals surface area contributed by atoms with E-state index in [9.17, 15) is 4.79 Å². The molecule has 1 aromatic carbocycles. The number of amides is 1. The van der Waals surface area contributed by atoms with Crippen LogP contribution in [0.2, 0.25) is 0 Å². The lowest BCUT2D eigenvalue weighted by atomic mass is 10.3. The molecule has 0 aliphatic rings. The van der Waals surface area contributed by atoms with Crippen molar-refractivity contribution in [1.29, 1.82) is 0 Å². The quantitative estimate of drug-likeness (QED) is 0.462. The highest BCUT2D eigenvalue weighted by molar-refractivity contribution is 7.99. The predicted octanol–water partition coefficient (Wildman–Crippen LogP) is 4.07. The molecule has 27 heavy (non-hydrogen) atoms. The van der Waals surface area contributed by atoms with Gasteiger partial charge >= 0.3 is 0 Å². The van der Waals surface area contributed by atoms with Gasteiger partial charge < -0.3 is 18.9 Å². The molecule has 3 aromatic heterocycles. The molecule has 0 aliphatic carbocycles. The number of fused-ring (bicyclic) bond motifs is 1. The molecule has 0 aliphatic heterocycles. The SMILES string of the molecule is CCOc1ccc2nc(NC(=O)CSc3nnc(-c4ccco4)o3)sc2c1. The fourth-order valence-corrected chi connectivity index (χ4v) is 3.74. The van der Waals surface area contributed by atoms with E-state index in [2.05, 4.69) is 20.5 Å². The van der Waals surface area contributed by atoms with Crippen LogP contribution >= 0.6 is 23.1 Å². The summed E-state index contributed by atoms with van der Waals surface area (Å²) in [5, 5.41) is 11.4.